The summed E-state index contributed by atoms with van der Waals surface area (Å²) in [5.41, 5.74) is 1.47. The van der Waals surface area contributed by atoms with E-state index in [4.69, 9.17) is 4.74 Å². The average Bonchev–Trinajstić information content (AvgIpc) is 2.99. The Labute approximate surface area is 151 Å². The van der Waals surface area contributed by atoms with Crippen LogP contribution in [0.15, 0.2) is 30.6 Å². The van der Waals surface area contributed by atoms with Gasteiger partial charge in [0, 0.05) is 25.5 Å². The van der Waals surface area contributed by atoms with Gasteiger partial charge < -0.3 is 9.64 Å². The predicted octanol–water partition coefficient (Wildman–Crippen LogP) is 0.821. The first-order valence-electron chi connectivity index (χ1n) is 8.16. The van der Waals surface area contributed by atoms with E-state index < -0.39 is 27.8 Å². The number of sulfone groups is 1. The highest BCUT2D eigenvalue weighted by Crippen LogP contribution is 2.18. The normalized spacial score (nSPS) is 19.8. The maximum Gasteiger partial charge on any atom is 0.338 e. The molecule has 1 fully saturated rings. The van der Waals surface area contributed by atoms with E-state index in [1.54, 1.807) is 24.4 Å². The number of carbonyl (C=O) groups excluding carboxylic acids is 2. The molecule has 1 amide bonds. The average molecular weight is 377 g/mol. The summed E-state index contributed by atoms with van der Waals surface area (Å²) >= 11 is 0. The molecule has 138 valence electrons. The molecule has 0 bridgehead atoms. The van der Waals surface area contributed by atoms with Crippen LogP contribution in [0.1, 0.15) is 23.7 Å². The Kier molecular flexibility index (Phi) is 4.90. The fourth-order valence-electron chi connectivity index (χ4n) is 2.92. The van der Waals surface area contributed by atoms with Crippen LogP contribution in [0, 0.1) is 0 Å². The fraction of sp³-hybridized carbons (Fsp3) is 0.412. The number of esters is 1. The van der Waals surface area contributed by atoms with Gasteiger partial charge in [0.05, 0.1) is 28.1 Å². The van der Waals surface area contributed by atoms with Gasteiger partial charge in [-0.3, -0.25) is 14.8 Å². The van der Waals surface area contributed by atoms with Crippen LogP contribution < -0.4 is 0 Å². The number of amides is 1. The molecule has 8 nitrogen and oxygen atoms in total. The smallest absolute Gasteiger partial charge is 0.338 e. The van der Waals surface area contributed by atoms with Crippen molar-refractivity contribution in [3.63, 3.8) is 0 Å². The summed E-state index contributed by atoms with van der Waals surface area (Å²) in [6.07, 6.45) is 2.46. The highest BCUT2D eigenvalue weighted by Gasteiger charge is 2.35. The second kappa shape index (κ2) is 6.99. The van der Waals surface area contributed by atoms with E-state index in [0.29, 0.717) is 17.5 Å². The lowest BCUT2D eigenvalue weighted by Crippen LogP contribution is -2.44. The topological polar surface area (TPSA) is 107 Å². The minimum Gasteiger partial charge on any atom is -0.449 e. The van der Waals surface area contributed by atoms with Gasteiger partial charge in [0.2, 0.25) is 0 Å². The zero-order valence-corrected chi connectivity index (χ0v) is 15.3. The van der Waals surface area contributed by atoms with E-state index >= 15 is 0 Å². The molecular weight excluding hydrogens is 358 g/mol. The third-order valence-corrected chi connectivity index (χ3v) is 6.19. The van der Waals surface area contributed by atoms with Crippen molar-refractivity contribution in [2.24, 2.45) is 0 Å². The molecule has 0 radical (unpaired) electrons. The second-order valence-electron chi connectivity index (χ2n) is 6.31. The number of carbonyl (C=O) groups is 2. The number of ether oxygens (including phenoxy) is 1. The maximum atomic E-state index is 12.5. The monoisotopic (exact) mass is 377 g/mol. The van der Waals surface area contributed by atoms with Crippen LogP contribution in [-0.2, 0) is 19.4 Å². The summed E-state index contributed by atoms with van der Waals surface area (Å²) < 4.78 is 28.4. The Morgan fingerprint density at radius 2 is 1.92 bits per heavy atom. The second-order valence-corrected chi connectivity index (χ2v) is 8.54. The fourth-order valence-corrected chi connectivity index (χ4v) is 4.69. The van der Waals surface area contributed by atoms with E-state index in [0.717, 1.165) is 0 Å². The minimum atomic E-state index is -3.10. The van der Waals surface area contributed by atoms with E-state index in [2.05, 4.69) is 9.97 Å². The number of nitrogens with zero attached hydrogens (tertiary/aromatic N) is 3. The summed E-state index contributed by atoms with van der Waals surface area (Å²) in [4.78, 5) is 34.4. The Bertz CT molecular complexity index is 960. The van der Waals surface area contributed by atoms with Crippen LogP contribution in [-0.4, -0.2) is 65.9 Å². The number of fused-ring (bicyclic) bond motifs is 1. The van der Waals surface area contributed by atoms with Gasteiger partial charge in [-0.05, 0) is 31.5 Å². The standard InChI is InChI=1S/C17H19N3O5S/c1-11(16(21)20(2)13-5-8-26(23,24)10-13)25-17(22)12-3-4-14-15(9-12)19-7-6-18-14/h3-4,6-7,9,11,13H,5,8,10H2,1-2H3/t11-,13+/m1/s1. The molecule has 0 N–H and O–H groups in total. The molecule has 2 aromatic rings. The van der Waals surface area contributed by atoms with Crippen molar-refractivity contribution < 1.29 is 22.7 Å². The number of aromatic nitrogens is 2. The number of benzene rings is 1. The van der Waals surface area contributed by atoms with E-state index in [-0.39, 0.29) is 23.1 Å². The van der Waals surface area contributed by atoms with Crippen molar-refractivity contribution >= 4 is 32.7 Å². The molecule has 2 atom stereocenters. The van der Waals surface area contributed by atoms with Crippen molar-refractivity contribution in [2.75, 3.05) is 18.6 Å². The molecule has 9 heteroatoms. The van der Waals surface area contributed by atoms with Gasteiger partial charge >= 0.3 is 5.97 Å². The molecule has 1 saturated heterocycles. The molecule has 1 aliphatic heterocycles. The molecule has 0 spiro atoms. The van der Waals surface area contributed by atoms with E-state index in [1.807, 2.05) is 0 Å². The van der Waals surface area contributed by atoms with Gasteiger partial charge in [0.1, 0.15) is 0 Å². The van der Waals surface area contributed by atoms with E-state index in [9.17, 15) is 18.0 Å². The Morgan fingerprint density at radius 1 is 1.23 bits per heavy atom. The molecule has 2 heterocycles. The Morgan fingerprint density at radius 3 is 2.58 bits per heavy atom. The highest BCUT2D eigenvalue weighted by molar-refractivity contribution is 7.91. The highest BCUT2D eigenvalue weighted by atomic mass is 32.2. The molecule has 3 rings (SSSR count). The predicted molar refractivity (Wildman–Crippen MR) is 94.2 cm³/mol. The van der Waals surface area contributed by atoms with Gasteiger partial charge in [-0.1, -0.05) is 0 Å². The number of hydrogen-bond donors (Lipinski definition) is 0. The molecule has 1 aromatic heterocycles. The molecule has 0 saturated carbocycles. The van der Waals surface area contributed by atoms with Crippen LogP contribution in [0.25, 0.3) is 11.0 Å². The molecule has 26 heavy (non-hydrogen) atoms. The Hall–Kier alpha value is -2.55. The molecular formula is C17H19N3O5S. The maximum absolute atomic E-state index is 12.5. The third kappa shape index (κ3) is 3.82. The summed E-state index contributed by atoms with van der Waals surface area (Å²) in [5, 5.41) is 0. The summed E-state index contributed by atoms with van der Waals surface area (Å²) in [5.74, 6) is -1.06. The lowest BCUT2D eigenvalue weighted by molar-refractivity contribution is -0.140. The minimum absolute atomic E-state index is 0.0563. The number of rotatable bonds is 4. The van der Waals surface area contributed by atoms with Crippen LogP contribution in [0.2, 0.25) is 0 Å². The number of hydrogen-bond acceptors (Lipinski definition) is 7. The van der Waals surface area contributed by atoms with Crippen LogP contribution in [0.3, 0.4) is 0 Å². The molecule has 1 aliphatic rings. The number of likely N-dealkylation sites (N-methyl/N-ethyl adjacent to an activating group) is 1. The lowest BCUT2D eigenvalue weighted by Gasteiger charge is -2.26. The van der Waals surface area contributed by atoms with Crippen molar-refractivity contribution in [3.05, 3.63) is 36.2 Å². The molecule has 0 aliphatic carbocycles. The van der Waals surface area contributed by atoms with Gasteiger partial charge in [-0.2, -0.15) is 0 Å². The third-order valence-electron chi connectivity index (χ3n) is 4.44. The first kappa shape index (κ1) is 18.2. The van der Waals surface area contributed by atoms with Crippen molar-refractivity contribution in [1.82, 2.24) is 14.9 Å². The van der Waals surface area contributed by atoms with Crippen LogP contribution in [0.5, 0.6) is 0 Å². The zero-order valence-electron chi connectivity index (χ0n) is 14.5. The van der Waals surface area contributed by atoms with Gasteiger partial charge in [0.25, 0.3) is 5.91 Å². The van der Waals surface area contributed by atoms with E-state index in [1.165, 1.54) is 25.1 Å². The SMILES string of the molecule is C[C@@H](OC(=O)c1ccc2nccnc2c1)C(=O)N(C)[C@H]1CCS(=O)(=O)C1. The largest absolute Gasteiger partial charge is 0.449 e. The molecule has 0 unspecified atom stereocenters. The summed E-state index contributed by atoms with van der Waals surface area (Å²) in [6, 6.07) is 4.38. The quantitative estimate of drug-likeness (QED) is 0.726. The van der Waals surface area contributed by atoms with Gasteiger partial charge in [-0.15, -0.1) is 0 Å². The Balaban J connectivity index is 1.66. The summed E-state index contributed by atoms with van der Waals surface area (Å²) in [7, 11) is -1.57. The van der Waals surface area contributed by atoms with Crippen molar-refractivity contribution in [1.29, 1.82) is 0 Å². The first-order chi connectivity index (χ1) is 12.3. The lowest BCUT2D eigenvalue weighted by atomic mass is 10.2. The first-order valence-corrected chi connectivity index (χ1v) is 9.98. The van der Waals surface area contributed by atoms with Crippen LogP contribution >= 0.6 is 0 Å². The van der Waals surface area contributed by atoms with Gasteiger partial charge in [-0.25, -0.2) is 13.2 Å². The van der Waals surface area contributed by atoms with Crippen LogP contribution in [0.4, 0.5) is 0 Å². The van der Waals surface area contributed by atoms with Crippen molar-refractivity contribution in [3.8, 4) is 0 Å². The molecule has 1 aromatic carbocycles. The zero-order chi connectivity index (χ0) is 18.9. The van der Waals surface area contributed by atoms with Crippen molar-refractivity contribution in [2.45, 2.75) is 25.5 Å². The summed E-state index contributed by atoms with van der Waals surface area (Å²) in [6.45, 7) is 1.47. The van der Waals surface area contributed by atoms with Gasteiger partial charge in [0.15, 0.2) is 15.9 Å².